The quantitative estimate of drug-likeness (QED) is 0.214. The second-order valence-corrected chi connectivity index (χ2v) is 3.57. The van der Waals surface area contributed by atoms with Crippen LogP contribution in [0.4, 0.5) is 0 Å². The van der Waals surface area contributed by atoms with Crippen LogP contribution in [0.25, 0.3) is 0 Å². The van der Waals surface area contributed by atoms with Gasteiger partial charge in [-0.25, -0.2) is 0 Å². The fraction of sp³-hybridized carbons (Fsp3) is 0.750. The Morgan fingerprint density at radius 1 is 0.500 bits per heavy atom. The van der Waals surface area contributed by atoms with Crippen molar-refractivity contribution in [1.82, 2.24) is 0 Å². The van der Waals surface area contributed by atoms with E-state index in [9.17, 15) is 0 Å². The number of hydrogen-bond acceptors (Lipinski definition) is 10. The summed E-state index contributed by atoms with van der Waals surface area (Å²) in [7, 11) is 0. The van der Waals surface area contributed by atoms with Crippen molar-refractivity contribution < 1.29 is 10.2 Å². The van der Waals surface area contributed by atoms with Gasteiger partial charge >= 0.3 is 0 Å². The van der Waals surface area contributed by atoms with Gasteiger partial charge in [-0.3, -0.25) is 0 Å². The standard InChI is InChI=1S/2C3H6.4C2H8N2.C2H6O2/c2*1-3-2;5*3-1-2-4/h2*3H,1H2,2H3;4*1-4H2;3-4H,1-2H2. The third-order valence-electron chi connectivity index (χ3n) is 0.767. The summed E-state index contributed by atoms with van der Waals surface area (Å²) in [5.41, 5.74) is 39.2. The van der Waals surface area contributed by atoms with Crippen LogP contribution in [0.2, 0.25) is 0 Å². The van der Waals surface area contributed by atoms with Crippen molar-refractivity contribution in [1.29, 1.82) is 0 Å². The monoisotopic (exact) mass is 386 g/mol. The molecule has 0 bridgehead atoms. The lowest BCUT2D eigenvalue weighted by atomic mass is 10.7. The molecule has 0 spiro atoms. The zero-order valence-electron chi connectivity index (χ0n) is 17.2. The van der Waals surface area contributed by atoms with E-state index in [0.717, 1.165) is 0 Å². The molecule has 0 aliphatic heterocycles. The molecular weight excluding hydrogens is 336 g/mol. The van der Waals surface area contributed by atoms with Crippen LogP contribution in [-0.4, -0.2) is 75.8 Å². The van der Waals surface area contributed by atoms with E-state index in [1.54, 1.807) is 12.2 Å². The summed E-state index contributed by atoms with van der Waals surface area (Å²) in [5.74, 6) is 0. The van der Waals surface area contributed by atoms with E-state index in [1.165, 1.54) is 0 Å². The molecule has 0 saturated heterocycles. The molecule has 0 aromatic heterocycles. The van der Waals surface area contributed by atoms with E-state index in [2.05, 4.69) is 13.2 Å². The smallest absolute Gasteiger partial charge is 0.0662 e. The Hall–Kier alpha value is -0.920. The molecule has 0 unspecified atom stereocenters. The van der Waals surface area contributed by atoms with Crippen molar-refractivity contribution in [2.24, 2.45) is 45.9 Å². The minimum atomic E-state index is -0.125. The molecule has 26 heavy (non-hydrogen) atoms. The summed E-state index contributed by atoms with van der Waals surface area (Å²) < 4.78 is 0. The van der Waals surface area contributed by atoms with Crippen LogP contribution in [0, 0.1) is 0 Å². The summed E-state index contributed by atoms with van der Waals surface area (Å²) in [6.07, 6.45) is 3.50. The topological polar surface area (TPSA) is 249 Å². The second kappa shape index (κ2) is 104. The maximum Gasteiger partial charge on any atom is 0.0662 e. The third-order valence-corrected chi connectivity index (χ3v) is 0.767. The van der Waals surface area contributed by atoms with Crippen molar-refractivity contribution >= 4 is 0 Å². The van der Waals surface area contributed by atoms with Gasteiger partial charge in [-0.1, -0.05) is 12.2 Å². The number of nitrogens with two attached hydrogens (primary N) is 8. The van der Waals surface area contributed by atoms with Gasteiger partial charge in [0.05, 0.1) is 13.2 Å². The minimum absolute atomic E-state index is 0.125. The van der Waals surface area contributed by atoms with Crippen molar-refractivity contribution in [3.8, 4) is 0 Å². The Morgan fingerprint density at radius 2 is 0.577 bits per heavy atom. The lowest BCUT2D eigenvalue weighted by Crippen LogP contribution is -2.11. The van der Waals surface area contributed by atoms with E-state index in [1.807, 2.05) is 13.8 Å². The fourth-order valence-corrected chi connectivity index (χ4v) is 0. The normalized spacial score (nSPS) is 6.77. The zero-order valence-corrected chi connectivity index (χ0v) is 17.2. The van der Waals surface area contributed by atoms with Gasteiger partial charge in [0, 0.05) is 52.4 Å². The predicted molar refractivity (Wildman–Crippen MR) is 118 cm³/mol. The van der Waals surface area contributed by atoms with Crippen molar-refractivity contribution in [2.45, 2.75) is 13.8 Å². The zero-order chi connectivity index (χ0) is 22.5. The van der Waals surface area contributed by atoms with Crippen LogP contribution in [-0.2, 0) is 0 Å². The highest BCUT2D eigenvalue weighted by Gasteiger charge is 1.58. The molecule has 0 aromatic carbocycles. The number of rotatable bonds is 5. The highest BCUT2D eigenvalue weighted by atomic mass is 16.3. The molecule has 0 amide bonds. The van der Waals surface area contributed by atoms with Gasteiger partial charge in [-0.15, -0.1) is 13.2 Å². The van der Waals surface area contributed by atoms with Gasteiger partial charge in [0.1, 0.15) is 0 Å². The molecule has 0 fully saturated rings. The predicted octanol–water partition coefficient (Wildman–Crippen LogP) is -3.03. The molecular formula is C16H50N8O2. The molecule has 0 aliphatic rings. The molecule has 10 heteroatoms. The Balaban J connectivity index is -0.0000000325. The summed E-state index contributed by atoms with van der Waals surface area (Å²) in [4.78, 5) is 0. The summed E-state index contributed by atoms with van der Waals surface area (Å²) in [6.45, 7) is 15.0. The number of allylic oxidation sites excluding steroid dienone is 2. The van der Waals surface area contributed by atoms with Crippen LogP contribution >= 0.6 is 0 Å². The molecule has 0 atom stereocenters. The Labute approximate surface area is 161 Å². The highest BCUT2D eigenvalue weighted by molar-refractivity contribution is 4.52. The molecule has 10 nitrogen and oxygen atoms in total. The molecule has 0 aliphatic carbocycles. The molecule has 0 heterocycles. The maximum absolute atomic E-state index is 7.62. The van der Waals surface area contributed by atoms with E-state index in [0.29, 0.717) is 52.4 Å². The van der Waals surface area contributed by atoms with Crippen LogP contribution in [0.15, 0.2) is 25.3 Å². The van der Waals surface area contributed by atoms with E-state index in [4.69, 9.17) is 56.1 Å². The molecule has 0 aromatic rings. The van der Waals surface area contributed by atoms with Crippen LogP contribution in [0.5, 0.6) is 0 Å². The van der Waals surface area contributed by atoms with Crippen molar-refractivity contribution in [3.63, 3.8) is 0 Å². The summed E-state index contributed by atoms with van der Waals surface area (Å²) in [5, 5.41) is 15.2. The van der Waals surface area contributed by atoms with Crippen LogP contribution in [0.1, 0.15) is 13.8 Å². The highest BCUT2D eigenvalue weighted by Crippen LogP contribution is 1.39. The SMILES string of the molecule is C=CC.C=CC.NCCN.NCCN.NCCN.NCCN.OCCO. The average Bonchev–Trinajstić information content (AvgIpc) is 2.69. The molecule has 18 N–H and O–H groups in total. The lowest BCUT2D eigenvalue weighted by Gasteiger charge is -1.72. The maximum atomic E-state index is 7.62. The third kappa shape index (κ3) is 676. The van der Waals surface area contributed by atoms with E-state index in [-0.39, 0.29) is 13.2 Å². The number of aliphatic hydroxyl groups is 2. The molecule has 166 valence electrons. The Bertz CT molecular complexity index is 117. The van der Waals surface area contributed by atoms with Gasteiger partial charge < -0.3 is 56.1 Å². The Morgan fingerprint density at radius 3 is 0.577 bits per heavy atom. The van der Waals surface area contributed by atoms with Crippen molar-refractivity contribution in [3.05, 3.63) is 25.3 Å². The first-order valence-corrected chi connectivity index (χ1v) is 8.37. The van der Waals surface area contributed by atoms with Crippen molar-refractivity contribution in [2.75, 3.05) is 65.6 Å². The average molecular weight is 387 g/mol. The van der Waals surface area contributed by atoms with E-state index >= 15 is 0 Å². The van der Waals surface area contributed by atoms with Gasteiger partial charge in [-0.2, -0.15) is 0 Å². The largest absolute Gasteiger partial charge is 0.394 e. The molecule has 0 radical (unpaired) electrons. The Kier molecular flexibility index (Phi) is 179. The first-order chi connectivity index (χ1) is 12.4. The van der Waals surface area contributed by atoms with Gasteiger partial charge in [0.25, 0.3) is 0 Å². The first kappa shape index (κ1) is 44.5. The van der Waals surface area contributed by atoms with Crippen LogP contribution < -0.4 is 45.9 Å². The fourth-order valence-electron chi connectivity index (χ4n) is 0. The number of aliphatic hydroxyl groups excluding tert-OH is 2. The first-order valence-electron chi connectivity index (χ1n) is 8.37. The number of hydrogen-bond donors (Lipinski definition) is 10. The summed E-state index contributed by atoms with van der Waals surface area (Å²) in [6, 6.07) is 0. The van der Waals surface area contributed by atoms with Gasteiger partial charge in [0.2, 0.25) is 0 Å². The lowest BCUT2D eigenvalue weighted by molar-refractivity contribution is 0.186. The van der Waals surface area contributed by atoms with E-state index < -0.39 is 0 Å². The summed E-state index contributed by atoms with van der Waals surface area (Å²) >= 11 is 0. The van der Waals surface area contributed by atoms with Gasteiger partial charge in [0.15, 0.2) is 0 Å². The second-order valence-electron chi connectivity index (χ2n) is 3.57. The van der Waals surface area contributed by atoms with Crippen LogP contribution in [0.3, 0.4) is 0 Å². The molecule has 0 saturated carbocycles. The minimum Gasteiger partial charge on any atom is -0.394 e. The van der Waals surface area contributed by atoms with Gasteiger partial charge in [-0.05, 0) is 13.8 Å². The molecule has 0 rings (SSSR count).